The van der Waals surface area contributed by atoms with Crippen molar-refractivity contribution in [2.75, 3.05) is 5.32 Å². The summed E-state index contributed by atoms with van der Waals surface area (Å²) < 4.78 is 10.5. The molecule has 0 radical (unpaired) electrons. The van der Waals surface area contributed by atoms with Crippen molar-refractivity contribution in [2.24, 2.45) is 5.73 Å². The monoisotopic (exact) mass is 324 g/mol. The molecule has 1 aliphatic carbocycles. The van der Waals surface area contributed by atoms with Crippen molar-refractivity contribution in [1.82, 2.24) is 10.1 Å². The molecule has 1 aromatic carbocycles. The fourth-order valence-corrected chi connectivity index (χ4v) is 1.80. The van der Waals surface area contributed by atoms with Gasteiger partial charge in [0.2, 0.25) is 5.91 Å². The Morgan fingerprint density at radius 3 is 2.64 bits per heavy atom. The second kappa shape index (κ2) is 6.33. The van der Waals surface area contributed by atoms with Crippen molar-refractivity contribution in [3.05, 3.63) is 36.0 Å². The van der Waals surface area contributed by atoms with E-state index in [1.54, 1.807) is 31.2 Å². The summed E-state index contributed by atoms with van der Waals surface area (Å²) in [5.74, 6) is 1.50. The highest BCUT2D eigenvalue weighted by Gasteiger charge is 2.45. The van der Waals surface area contributed by atoms with E-state index in [0.29, 0.717) is 23.2 Å². The van der Waals surface area contributed by atoms with Gasteiger partial charge in [0, 0.05) is 5.69 Å². The highest BCUT2D eigenvalue weighted by molar-refractivity contribution is 6.00. The van der Waals surface area contributed by atoms with Crippen LogP contribution in [-0.4, -0.2) is 21.6 Å². The van der Waals surface area contributed by atoms with Gasteiger partial charge in [0.15, 0.2) is 12.4 Å². The molecule has 1 heterocycles. The average Bonchev–Trinajstić information content (AvgIpc) is 3.09. The Balaban J connectivity index is 0.00000176. The van der Waals surface area contributed by atoms with Crippen molar-refractivity contribution in [2.45, 2.75) is 31.9 Å². The molecule has 2 aromatic rings. The van der Waals surface area contributed by atoms with Crippen LogP contribution in [0.15, 0.2) is 28.8 Å². The predicted molar refractivity (Wildman–Crippen MR) is 81.8 cm³/mol. The van der Waals surface area contributed by atoms with Gasteiger partial charge in [0.25, 0.3) is 5.89 Å². The molecule has 0 unspecified atom stereocenters. The van der Waals surface area contributed by atoms with E-state index < -0.39 is 5.54 Å². The fraction of sp³-hybridized carbons (Fsp3) is 0.357. The molecule has 1 fully saturated rings. The van der Waals surface area contributed by atoms with E-state index in [9.17, 15) is 4.79 Å². The Morgan fingerprint density at radius 1 is 1.41 bits per heavy atom. The molecule has 1 aromatic heterocycles. The maximum Gasteiger partial charge on any atom is 0.264 e. The normalized spacial score (nSPS) is 14.8. The second-order valence-electron chi connectivity index (χ2n) is 5.16. The number of benzene rings is 1. The number of carbonyl (C=O) groups is 1. The first-order valence-electron chi connectivity index (χ1n) is 6.68. The minimum absolute atomic E-state index is 0. The number of nitrogens with two attached hydrogens (primary N) is 1. The van der Waals surface area contributed by atoms with Gasteiger partial charge in [-0.2, -0.15) is 4.98 Å². The summed E-state index contributed by atoms with van der Waals surface area (Å²) in [6.07, 6.45) is 1.48. The second-order valence-corrected chi connectivity index (χ2v) is 5.16. The van der Waals surface area contributed by atoms with E-state index in [1.165, 1.54) is 0 Å². The zero-order valence-electron chi connectivity index (χ0n) is 12.0. The maximum atomic E-state index is 11.8. The number of hydrogen-bond donors (Lipinski definition) is 2. The molecule has 1 amide bonds. The summed E-state index contributed by atoms with van der Waals surface area (Å²) >= 11 is 0. The van der Waals surface area contributed by atoms with Crippen molar-refractivity contribution in [3.8, 4) is 5.75 Å². The van der Waals surface area contributed by atoms with Crippen molar-refractivity contribution < 1.29 is 14.1 Å². The number of nitrogens with one attached hydrogen (secondary N) is 1. The van der Waals surface area contributed by atoms with Gasteiger partial charge < -0.3 is 20.3 Å². The number of rotatable bonds is 5. The molecule has 0 bridgehead atoms. The molecule has 22 heavy (non-hydrogen) atoms. The number of amides is 1. The molecule has 0 aliphatic heterocycles. The molecule has 3 N–H and O–H groups in total. The highest BCUT2D eigenvalue weighted by atomic mass is 35.5. The van der Waals surface area contributed by atoms with E-state index in [4.69, 9.17) is 15.0 Å². The van der Waals surface area contributed by atoms with Crippen LogP contribution in [0.3, 0.4) is 0 Å². The number of nitrogens with zero attached hydrogens (tertiary/aromatic N) is 2. The van der Waals surface area contributed by atoms with Crippen LogP contribution < -0.4 is 15.8 Å². The number of anilines is 1. The van der Waals surface area contributed by atoms with Crippen LogP contribution in [0.4, 0.5) is 5.69 Å². The van der Waals surface area contributed by atoms with Crippen molar-refractivity contribution in [1.29, 1.82) is 0 Å². The first-order chi connectivity index (χ1) is 10.0. The molecule has 0 saturated heterocycles. The van der Waals surface area contributed by atoms with Crippen LogP contribution in [0, 0.1) is 6.92 Å². The lowest BCUT2D eigenvalue weighted by Crippen LogP contribution is -2.37. The number of ether oxygens (including phenoxy) is 1. The molecule has 8 heteroatoms. The van der Waals surface area contributed by atoms with Gasteiger partial charge in [-0.1, -0.05) is 5.16 Å². The Labute approximate surface area is 133 Å². The lowest BCUT2D eigenvalue weighted by molar-refractivity contribution is -0.118. The number of halogens is 1. The largest absolute Gasteiger partial charge is 0.484 e. The highest BCUT2D eigenvalue weighted by Crippen LogP contribution is 2.33. The quantitative estimate of drug-likeness (QED) is 0.869. The summed E-state index contributed by atoms with van der Waals surface area (Å²) in [5.41, 5.74) is 5.84. The molecule has 0 spiro atoms. The van der Waals surface area contributed by atoms with Crippen LogP contribution in [0.2, 0.25) is 0 Å². The summed E-state index contributed by atoms with van der Waals surface area (Å²) in [6, 6.07) is 7.04. The summed E-state index contributed by atoms with van der Waals surface area (Å²) in [6.45, 7) is 1.95. The number of aryl methyl sites for hydroxylation is 1. The third-order valence-electron chi connectivity index (χ3n) is 3.29. The molecule has 118 valence electrons. The third-order valence-corrected chi connectivity index (χ3v) is 3.29. The molecular weight excluding hydrogens is 308 g/mol. The first-order valence-corrected chi connectivity index (χ1v) is 6.68. The first kappa shape index (κ1) is 16.3. The van der Waals surface area contributed by atoms with Gasteiger partial charge in [0.05, 0.1) is 5.54 Å². The third kappa shape index (κ3) is 3.75. The smallest absolute Gasteiger partial charge is 0.264 e. The van der Waals surface area contributed by atoms with Gasteiger partial charge in [-0.15, -0.1) is 12.4 Å². The van der Waals surface area contributed by atoms with E-state index >= 15 is 0 Å². The van der Waals surface area contributed by atoms with Gasteiger partial charge >= 0.3 is 0 Å². The lowest BCUT2D eigenvalue weighted by atomic mass is 10.2. The minimum Gasteiger partial charge on any atom is -0.484 e. The zero-order valence-corrected chi connectivity index (χ0v) is 12.9. The van der Waals surface area contributed by atoms with Gasteiger partial charge in [-0.25, -0.2) is 0 Å². The minimum atomic E-state index is -0.676. The maximum absolute atomic E-state index is 11.8. The summed E-state index contributed by atoms with van der Waals surface area (Å²) in [7, 11) is 0. The van der Waals surface area contributed by atoms with E-state index in [-0.39, 0.29) is 24.9 Å². The Kier molecular flexibility index (Phi) is 4.68. The SMILES string of the molecule is Cc1noc(COc2ccc(NC(=O)C3(N)CC3)cc2)n1.Cl. The molecular formula is C14H17ClN4O3. The van der Waals surface area contributed by atoms with Crippen LogP contribution in [0.1, 0.15) is 24.6 Å². The lowest BCUT2D eigenvalue weighted by Gasteiger charge is -2.10. The molecule has 1 saturated carbocycles. The Bertz CT molecular complexity index is 652. The van der Waals surface area contributed by atoms with Crippen LogP contribution in [0.25, 0.3) is 0 Å². The number of hydrogen-bond acceptors (Lipinski definition) is 6. The molecule has 3 rings (SSSR count). The van der Waals surface area contributed by atoms with Gasteiger partial charge in [0.1, 0.15) is 5.75 Å². The summed E-state index contributed by atoms with van der Waals surface area (Å²) in [4.78, 5) is 15.8. The van der Waals surface area contributed by atoms with Crippen LogP contribution >= 0.6 is 12.4 Å². The van der Waals surface area contributed by atoms with E-state index in [1.807, 2.05) is 0 Å². The standard InChI is InChI=1S/C14H16N4O3.ClH/c1-9-16-12(21-18-9)8-20-11-4-2-10(3-5-11)17-13(19)14(15)6-7-14;/h2-5H,6-8,15H2,1H3,(H,17,19);1H. The van der Waals surface area contributed by atoms with Crippen molar-refractivity contribution in [3.63, 3.8) is 0 Å². The van der Waals surface area contributed by atoms with E-state index in [0.717, 1.165) is 12.8 Å². The van der Waals surface area contributed by atoms with Gasteiger partial charge in [-0.3, -0.25) is 4.79 Å². The number of aromatic nitrogens is 2. The van der Waals surface area contributed by atoms with Crippen molar-refractivity contribution >= 4 is 24.0 Å². The molecule has 7 nitrogen and oxygen atoms in total. The topological polar surface area (TPSA) is 103 Å². The number of carbonyl (C=O) groups excluding carboxylic acids is 1. The Hall–Kier alpha value is -2.12. The average molecular weight is 325 g/mol. The predicted octanol–water partition coefficient (Wildman–Crippen LogP) is 1.81. The molecule has 0 atom stereocenters. The van der Waals surface area contributed by atoms with Crippen LogP contribution in [0.5, 0.6) is 5.75 Å². The summed E-state index contributed by atoms with van der Waals surface area (Å²) in [5, 5.41) is 6.47. The van der Waals surface area contributed by atoms with Gasteiger partial charge in [-0.05, 0) is 44.0 Å². The Morgan fingerprint density at radius 2 is 2.09 bits per heavy atom. The molecule has 1 aliphatic rings. The fourth-order valence-electron chi connectivity index (χ4n) is 1.80. The van der Waals surface area contributed by atoms with E-state index in [2.05, 4.69) is 15.5 Å². The van der Waals surface area contributed by atoms with Crippen LogP contribution in [-0.2, 0) is 11.4 Å². The zero-order chi connectivity index (χ0) is 14.9.